The molecule has 1 aliphatic carbocycles. The van der Waals surface area contributed by atoms with Crippen molar-refractivity contribution in [3.8, 4) is 0 Å². The Bertz CT molecular complexity index is 835. The zero-order valence-electron chi connectivity index (χ0n) is 15.2. The molecule has 0 spiro atoms. The van der Waals surface area contributed by atoms with E-state index in [0.717, 1.165) is 24.2 Å². The fraction of sp³-hybridized carbons (Fsp3) is 0.368. The van der Waals surface area contributed by atoms with Crippen LogP contribution in [0.15, 0.2) is 36.5 Å². The van der Waals surface area contributed by atoms with Crippen LogP contribution >= 0.6 is 11.6 Å². The molecule has 2 aliphatic rings. The third-order valence-corrected chi connectivity index (χ3v) is 5.27. The minimum absolute atomic E-state index is 0.0313. The van der Waals surface area contributed by atoms with E-state index in [-0.39, 0.29) is 22.3 Å². The summed E-state index contributed by atoms with van der Waals surface area (Å²) in [6, 6.07) is 5.50. The Morgan fingerprint density at radius 1 is 1.11 bits per heavy atom. The lowest BCUT2D eigenvalue weighted by molar-refractivity contribution is -0.143. The summed E-state index contributed by atoms with van der Waals surface area (Å²) in [7, 11) is 0. The first-order chi connectivity index (χ1) is 13.4. The third kappa shape index (κ3) is 4.01. The summed E-state index contributed by atoms with van der Waals surface area (Å²) in [5.74, 6) is -3.27. The first-order valence-electron chi connectivity index (χ1n) is 9.07. The highest BCUT2D eigenvalue weighted by molar-refractivity contribution is 6.33. The molecule has 5 amide bonds. The zero-order chi connectivity index (χ0) is 20.3. The van der Waals surface area contributed by atoms with Gasteiger partial charge in [-0.2, -0.15) is 0 Å². The first kappa shape index (κ1) is 19.9. The van der Waals surface area contributed by atoms with Gasteiger partial charge < -0.3 is 5.43 Å². The molecule has 9 heteroatoms. The van der Waals surface area contributed by atoms with E-state index in [4.69, 9.17) is 11.6 Å². The maximum Gasteiger partial charge on any atom is 0.331 e. The number of amides is 5. The van der Waals surface area contributed by atoms with E-state index in [1.165, 1.54) is 6.07 Å². The summed E-state index contributed by atoms with van der Waals surface area (Å²) < 4.78 is 0. The van der Waals surface area contributed by atoms with E-state index >= 15 is 0 Å². The smallest absolute Gasteiger partial charge is 0.302 e. The fourth-order valence-electron chi connectivity index (χ4n) is 3.50. The molecule has 3 rings (SSSR count). The van der Waals surface area contributed by atoms with Crippen LogP contribution in [0.25, 0.3) is 0 Å². The van der Waals surface area contributed by atoms with Crippen LogP contribution in [0.1, 0.15) is 42.5 Å². The van der Waals surface area contributed by atoms with Crippen molar-refractivity contribution in [2.24, 2.45) is 5.92 Å². The predicted octanol–water partition coefficient (Wildman–Crippen LogP) is 2.12. The second-order valence-corrected chi connectivity index (χ2v) is 7.22. The number of carbonyl (C=O) groups is 4. The van der Waals surface area contributed by atoms with Crippen molar-refractivity contribution >= 4 is 35.4 Å². The number of benzene rings is 1. The molecule has 0 aromatic heterocycles. The number of halogens is 1. The summed E-state index contributed by atoms with van der Waals surface area (Å²) in [4.78, 5) is 50.7. The van der Waals surface area contributed by atoms with Crippen LogP contribution in [0.3, 0.4) is 0 Å². The highest BCUT2D eigenvalue weighted by Gasteiger charge is 2.45. The molecular weight excluding hydrogens is 384 g/mol. The minimum Gasteiger partial charge on any atom is -0.302 e. The van der Waals surface area contributed by atoms with Crippen molar-refractivity contribution in [1.82, 2.24) is 21.1 Å². The van der Waals surface area contributed by atoms with Crippen molar-refractivity contribution in [1.29, 1.82) is 0 Å². The van der Waals surface area contributed by atoms with Crippen molar-refractivity contribution in [3.63, 3.8) is 0 Å². The number of carbonyl (C=O) groups excluding carboxylic acids is 4. The van der Waals surface area contributed by atoms with Gasteiger partial charge in [0.25, 0.3) is 5.91 Å². The average molecular weight is 405 g/mol. The van der Waals surface area contributed by atoms with Gasteiger partial charge in [-0.1, -0.05) is 49.6 Å². The van der Waals surface area contributed by atoms with Crippen LogP contribution < -0.4 is 16.2 Å². The molecule has 2 fully saturated rings. The molecular formula is C19H21ClN4O4. The maximum atomic E-state index is 12.9. The van der Waals surface area contributed by atoms with Crippen LogP contribution in [0.4, 0.5) is 4.79 Å². The quantitative estimate of drug-likeness (QED) is 0.514. The van der Waals surface area contributed by atoms with Gasteiger partial charge in [-0.25, -0.2) is 4.79 Å². The molecule has 1 heterocycles. The van der Waals surface area contributed by atoms with Gasteiger partial charge in [0.15, 0.2) is 5.92 Å². The third-order valence-electron chi connectivity index (χ3n) is 4.94. The second kappa shape index (κ2) is 8.43. The lowest BCUT2D eigenvalue weighted by Crippen LogP contribution is -2.62. The van der Waals surface area contributed by atoms with E-state index in [1.807, 2.05) is 0 Å². The van der Waals surface area contributed by atoms with Crippen LogP contribution in [-0.4, -0.2) is 34.7 Å². The van der Waals surface area contributed by atoms with Crippen LogP contribution in [0, 0.1) is 5.92 Å². The molecule has 0 radical (unpaired) electrons. The SMILES string of the molecule is C=C(NNC(=O)c1ccccc1Cl)[C@H]1C(=O)NC(=O)N(C2CCCCC2)C1=O. The number of nitrogens with one attached hydrogen (secondary N) is 3. The number of nitrogens with zero attached hydrogens (tertiary/aromatic N) is 1. The van der Waals surface area contributed by atoms with Gasteiger partial charge in [0.05, 0.1) is 10.6 Å². The number of urea groups is 1. The molecule has 1 aromatic carbocycles. The molecule has 1 saturated heterocycles. The molecule has 3 N–H and O–H groups in total. The molecule has 28 heavy (non-hydrogen) atoms. The predicted molar refractivity (Wildman–Crippen MR) is 102 cm³/mol. The van der Waals surface area contributed by atoms with Crippen LogP contribution in [0.5, 0.6) is 0 Å². The molecule has 1 atom stereocenters. The monoisotopic (exact) mass is 404 g/mol. The summed E-state index contributed by atoms with van der Waals surface area (Å²) in [6.07, 6.45) is 4.33. The summed E-state index contributed by atoms with van der Waals surface area (Å²) in [5.41, 5.74) is 5.07. The van der Waals surface area contributed by atoms with Gasteiger partial charge in [0.2, 0.25) is 11.8 Å². The fourth-order valence-corrected chi connectivity index (χ4v) is 3.72. The molecule has 1 saturated carbocycles. The van der Waals surface area contributed by atoms with E-state index in [9.17, 15) is 19.2 Å². The van der Waals surface area contributed by atoms with Crippen molar-refractivity contribution < 1.29 is 19.2 Å². The van der Waals surface area contributed by atoms with Gasteiger partial charge in [0, 0.05) is 11.7 Å². The van der Waals surface area contributed by atoms with Crippen molar-refractivity contribution in [3.05, 3.63) is 47.1 Å². The zero-order valence-corrected chi connectivity index (χ0v) is 15.9. The molecule has 1 aromatic rings. The Hall–Kier alpha value is -2.87. The molecule has 8 nitrogen and oxygen atoms in total. The lowest BCUT2D eigenvalue weighted by Gasteiger charge is -2.37. The molecule has 0 unspecified atom stereocenters. The Labute approximate surface area is 167 Å². The molecule has 1 aliphatic heterocycles. The van der Waals surface area contributed by atoms with E-state index in [1.54, 1.807) is 18.2 Å². The summed E-state index contributed by atoms with van der Waals surface area (Å²) in [6.45, 7) is 3.69. The lowest BCUT2D eigenvalue weighted by atomic mass is 9.92. The summed E-state index contributed by atoms with van der Waals surface area (Å²) >= 11 is 5.98. The maximum absolute atomic E-state index is 12.9. The van der Waals surface area contributed by atoms with Gasteiger partial charge >= 0.3 is 6.03 Å². The Morgan fingerprint density at radius 3 is 2.46 bits per heavy atom. The number of hydrogen-bond donors (Lipinski definition) is 3. The number of barbiturate groups is 1. The topological polar surface area (TPSA) is 108 Å². The number of hydrazine groups is 1. The average Bonchev–Trinajstić information content (AvgIpc) is 2.67. The standard InChI is InChI=1S/C19H21ClN4O4/c1-11(22-23-16(25)13-9-5-6-10-14(13)20)15-17(26)21-19(28)24(18(15)27)12-7-3-2-4-8-12/h5-6,9-10,12,15,22H,1-4,7-8H2,(H,23,25)(H,21,26,28)/t15-/m0/s1. The Morgan fingerprint density at radius 2 is 1.79 bits per heavy atom. The van der Waals surface area contributed by atoms with Gasteiger partial charge in [0.1, 0.15) is 0 Å². The largest absolute Gasteiger partial charge is 0.331 e. The van der Waals surface area contributed by atoms with Gasteiger partial charge in [-0.05, 0) is 25.0 Å². The van der Waals surface area contributed by atoms with Crippen LogP contribution in [-0.2, 0) is 9.59 Å². The minimum atomic E-state index is -1.31. The molecule has 0 bridgehead atoms. The summed E-state index contributed by atoms with van der Waals surface area (Å²) in [5, 5.41) is 2.47. The van der Waals surface area contributed by atoms with Gasteiger partial charge in [-0.3, -0.25) is 30.0 Å². The number of rotatable bonds is 5. The van der Waals surface area contributed by atoms with Crippen LogP contribution in [0.2, 0.25) is 5.02 Å². The second-order valence-electron chi connectivity index (χ2n) is 6.81. The van der Waals surface area contributed by atoms with Gasteiger partial charge in [-0.15, -0.1) is 0 Å². The highest BCUT2D eigenvalue weighted by atomic mass is 35.5. The highest BCUT2D eigenvalue weighted by Crippen LogP contribution is 2.27. The Kier molecular flexibility index (Phi) is 5.99. The Balaban J connectivity index is 1.68. The van der Waals surface area contributed by atoms with E-state index in [2.05, 4.69) is 22.7 Å². The normalized spacial score (nSPS) is 20.5. The molecule has 148 valence electrons. The number of imide groups is 2. The van der Waals surface area contributed by atoms with E-state index < -0.39 is 29.7 Å². The first-order valence-corrected chi connectivity index (χ1v) is 9.45. The number of hydrogen-bond acceptors (Lipinski definition) is 5. The van der Waals surface area contributed by atoms with E-state index in [0.29, 0.717) is 12.8 Å². The van der Waals surface area contributed by atoms with Crippen molar-refractivity contribution in [2.45, 2.75) is 38.1 Å². The van der Waals surface area contributed by atoms with Crippen molar-refractivity contribution in [2.75, 3.05) is 0 Å².